The molecule has 0 aliphatic carbocycles. The summed E-state index contributed by atoms with van der Waals surface area (Å²) in [5, 5.41) is 1.68. The minimum atomic E-state index is -3.36. The quantitative estimate of drug-likeness (QED) is 0.659. The minimum absolute atomic E-state index is 0. The molecule has 0 spiro atoms. The molecule has 0 aliphatic heterocycles. The fourth-order valence-electron chi connectivity index (χ4n) is 1.08. The van der Waals surface area contributed by atoms with E-state index >= 15 is 0 Å². The molecule has 108 valence electrons. The van der Waals surface area contributed by atoms with E-state index in [4.69, 9.17) is 5.73 Å². The monoisotopic (exact) mass is 304 g/mol. The molecule has 0 aliphatic rings. The van der Waals surface area contributed by atoms with Crippen LogP contribution in [-0.4, -0.2) is 24.9 Å². The zero-order chi connectivity index (χ0) is 13.9. The van der Waals surface area contributed by atoms with E-state index in [1.54, 1.807) is 5.32 Å². The highest BCUT2D eigenvalue weighted by Crippen LogP contribution is 2.15. The van der Waals surface area contributed by atoms with Crippen LogP contribution in [0.2, 0.25) is 0 Å². The third kappa shape index (κ3) is 4.32. The van der Waals surface area contributed by atoms with Crippen LogP contribution in [0.1, 0.15) is 10.4 Å². The third-order valence-electron chi connectivity index (χ3n) is 2.09. The molecule has 0 heterocycles. The molecule has 3 nitrogen and oxygen atoms in total. The number of amides is 1. The molecule has 0 saturated heterocycles. The summed E-state index contributed by atoms with van der Waals surface area (Å²) < 4.78 is 63.9. The molecule has 0 aromatic heterocycles. The average molecular weight is 305 g/mol. The largest absolute Gasteiger partial charge is 0.346 e. The number of halogens is 6. The van der Waals surface area contributed by atoms with Gasteiger partial charge >= 0.3 is 0 Å². The Morgan fingerprint density at radius 3 is 2.32 bits per heavy atom. The fourth-order valence-corrected chi connectivity index (χ4v) is 1.08. The molecule has 1 amide bonds. The summed E-state index contributed by atoms with van der Waals surface area (Å²) >= 11 is 0. The van der Waals surface area contributed by atoms with Crippen LogP contribution in [0.5, 0.6) is 0 Å². The Morgan fingerprint density at radius 2 is 1.79 bits per heavy atom. The van der Waals surface area contributed by atoms with Crippen LogP contribution in [-0.2, 0) is 0 Å². The van der Waals surface area contributed by atoms with E-state index in [-0.39, 0.29) is 12.4 Å². The van der Waals surface area contributed by atoms with Gasteiger partial charge in [0, 0.05) is 0 Å². The van der Waals surface area contributed by atoms with Gasteiger partial charge in [0.05, 0.1) is 18.7 Å². The first-order valence-corrected chi connectivity index (χ1v) is 4.78. The highest BCUT2D eigenvalue weighted by Gasteiger charge is 2.28. The second kappa shape index (κ2) is 6.67. The number of hydrogen-bond acceptors (Lipinski definition) is 2. The number of nitrogens with two attached hydrogens (primary N) is 1. The van der Waals surface area contributed by atoms with Crippen molar-refractivity contribution in [3.8, 4) is 0 Å². The van der Waals surface area contributed by atoms with Gasteiger partial charge in [0.25, 0.3) is 11.8 Å². The summed E-state index contributed by atoms with van der Waals surface area (Å²) in [6, 6.07) is 1.18. The average Bonchev–Trinajstić information content (AvgIpc) is 2.33. The lowest BCUT2D eigenvalue weighted by molar-refractivity contribution is 0.0118. The van der Waals surface area contributed by atoms with E-state index in [9.17, 15) is 26.7 Å². The standard InChI is InChI=1S/C10H9F5N2O.ClH/c11-6-2-1-5(7(12)8(6)13)9(18)17-4-10(14,15)3-16;/h1-2H,3-4,16H2,(H,17,18);1H. The first kappa shape index (κ1) is 17.6. The predicted molar refractivity (Wildman–Crippen MR) is 59.9 cm³/mol. The van der Waals surface area contributed by atoms with Crippen molar-refractivity contribution in [2.75, 3.05) is 13.1 Å². The molecule has 0 fully saturated rings. The second-order valence-electron chi connectivity index (χ2n) is 3.47. The number of alkyl halides is 2. The van der Waals surface area contributed by atoms with Crippen molar-refractivity contribution < 1.29 is 26.7 Å². The number of nitrogens with one attached hydrogen (secondary N) is 1. The molecular weight excluding hydrogens is 295 g/mol. The zero-order valence-corrected chi connectivity index (χ0v) is 10.2. The Morgan fingerprint density at radius 1 is 1.21 bits per heavy atom. The molecule has 0 atom stereocenters. The highest BCUT2D eigenvalue weighted by atomic mass is 35.5. The first-order chi connectivity index (χ1) is 8.28. The van der Waals surface area contributed by atoms with Gasteiger partial charge in [-0.15, -0.1) is 12.4 Å². The smallest absolute Gasteiger partial charge is 0.277 e. The molecule has 9 heteroatoms. The van der Waals surface area contributed by atoms with Crippen molar-refractivity contribution in [1.82, 2.24) is 5.32 Å². The molecule has 3 N–H and O–H groups in total. The van der Waals surface area contributed by atoms with E-state index in [2.05, 4.69) is 0 Å². The highest BCUT2D eigenvalue weighted by molar-refractivity contribution is 5.94. The fraction of sp³-hybridized carbons (Fsp3) is 0.300. The van der Waals surface area contributed by atoms with Gasteiger partial charge in [-0.2, -0.15) is 0 Å². The maximum atomic E-state index is 13.1. The van der Waals surface area contributed by atoms with Crippen molar-refractivity contribution in [2.45, 2.75) is 5.92 Å². The van der Waals surface area contributed by atoms with Gasteiger partial charge < -0.3 is 11.1 Å². The van der Waals surface area contributed by atoms with Gasteiger partial charge in [-0.25, -0.2) is 22.0 Å². The molecular formula is C10H10ClF5N2O. The second-order valence-corrected chi connectivity index (χ2v) is 3.47. The maximum Gasteiger partial charge on any atom is 0.277 e. The Labute approximate surface area is 111 Å². The summed E-state index contributed by atoms with van der Waals surface area (Å²) in [5.74, 6) is -9.68. The van der Waals surface area contributed by atoms with E-state index in [0.29, 0.717) is 12.1 Å². The number of carbonyl (C=O) groups excluding carboxylic acids is 1. The molecule has 0 radical (unpaired) electrons. The topological polar surface area (TPSA) is 55.1 Å². The minimum Gasteiger partial charge on any atom is -0.346 e. The third-order valence-corrected chi connectivity index (χ3v) is 2.09. The van der Waals surface area contributed by atoms with Crippen LogP contribution >= 0.6 is 12.4 Å². The molecule has 1 aromatic rings. The van der Waals surface area contributed by atoms with Crippen molar-refractivity contribution in [3.63, 3.8) is 0 Å². The van der Waals surface area contributed by atoms with Crippen molar-refractivity contribution in [2.24, 2.45) is 5.73 Å². The van der Waals surface area contributed by atoms with Crippen LogP contribution in [0.15, 0.2) is 12.1 Å². The number of rotatable bonds is 4. The summed E-state index contributed by atoms with van der Waals surface area (Å²) in [5.41, 5.74) is 3.86. The van der Waals surface area contributed by atoms with Gasteiger partial charge in [-0.1, -0.05) is 0 Å². The molecule has 1 aromatic carbocycles. The van der Waals surface area contributed by atoms with Crippen LogP contribution in [0.25, 0.3) is 0 Å². The maximum absolute atomic E-state index is 13.1. The lowest BCUT2D eigenvalue weighted by Gasteiger charge is -2.14. The van der Waals surface area contributed by atoms with E-state index in [0.717, 1.165) is 0 Å². The zero-order valence-electron chi connectivity index (χ0n) is 9.35. The van der Waals surface area contributed by atoms with E-state index < -0.39 is 47.9 Å². The van der Waals surface area contributed by atoms with Crippen molar-refractivity contribution in [3.05, 3.63) is 35.1 Å². The lowest BCUT2D eigenvalue weighted by atomic mass is 10.2. The first-order valence-electron chi connectivity index (χ1n) is 4.78. The predicted octanol–water partition coefficient (Wildman–Crippen LogP) is 1.85. The van der Waals surface area contributed by atoms with Crippen LogP contribution in [0.4, 0.5) is 22.0 Å². The SMILES string of the molecule is Cl.NCC(F)(F)CNC(=O)c1ccc(F)c(F)c1F. The van der Waals surface area contributed by atoms with Crippen LogP contribution in [0, 0.1) is 17.5 Å². The number of carbonyl (C=O) groups is 1. The van der Waals surface area contributed by atoms with Gasteiger partial charge in [0.2, 0.25) is 0 Å². The summed E-state index contributed by atoms with van der Waals surface area (Å²) in [7, 11) is 0. The van der Waals surface area contributed by atoms with E-state index in [1.807, 2.05) is 0 Å². The summed E-state index contributed by atoms with van der Waals surface area (Å²) in [6.45, 7) is -2.13. The van der Waals surface area contributed by atoms with Crippen LogP contribution in [0.3, 0.4) is 0 Å². The van der Waals surface area contributed by atoms with E-state index in [1.165, 1.54) is 0 Å². The molecule has 19 heavy (non-hydrogen) atoms. The van der Waals surface area contributed by atoms with Gasteiger partial charge in [-0.3, -0.25) is 4.79 Å². The Kier molecular flexibility index (Phi) is 6.17. The number of hydrogen-bond donors (Lipinski definition) is 2. The summed E-state index contributed by atoms with van der Waals surface area (Å²) in [4.78, 5) is 11.3. The Balaban J connectivity index is 0.00000324. The molecule has 0 bridgehead atoms. The lowest BCUT2D eigenvalue weighted by Crippen LogP contribution is -2.41. The molecule has 1 rings (SSSR count). The normalized spacial score (nSPS) is 10.8. The van der Waals surface area contributed by atoms with Crippen LogP contribution < -0.4 is 11.1 Å². The Hall–Kier alpha value is -1.41. The van der Waals surface area contributed by atoms with Crippen molar-refractivity contribution in [1.29, 1.82) is 0 Å². The van der Waals surface area contributed by atoms with Crippen molar-refractivity contribution >= 4 is 18.3 Å². The van der Waals surface area contributed by atoms with Gasteiger partial charge in [0.15, 0.2) is 17.5 Å². The Bertz CT molecular complexity index is 469. The van der Waals surface area contributed by atoms with Gasteiger partial charge in [-0.05, 0) is 12.1 Å². The molecule has 0 saturated carbocycles. The number of benzene rings is 1. The summed E-state index contributed by atoms with van der Waals surface area (Å²) in [6.07, 6.45) is 0. The molecule has 0 unspecified atom stereocenters. The van der Waals surface area contributed by atoms with Gasteiger partial charge in [0.1, 0.15) is 0 Å².